The van der Waals surface area contributed by atoms with E-state index in [2.05, 4.69) is 28.0 Å². The summed E-state index contributed by atoms with van der Waals surface area (Å²) in [5, 5.41) is 1.20. The van der Waals surface area contributed by atoms with Gasteiger partial charge in [-0.15, -0.1) is 0 Å². The van der Waals surface area contributed by atoms with E-state index < -0.39 is 0 Å². The van der Waals surface area contributed by atoms with E-state index in [9.17, 15) is 4.79 Å². The van der Waals surface area contributed by atoms with Gasteiger partial charge in [-0.2, -0.15) is 0 Å². The van der Waals surface area contributed by atoms with Crippen molar-refractivity contribution in [2.45, 2.75) is 25.4 Å². The normalized spacial score (nSPS) is 15.6. The summed E-state index contributed by atoms with van der Waals surface area (Å²) >= 11 is 6.26. The summed E-state index contributed by atoms with van der Waals surface area (Å²) in [4.78, 5) is 22.6. The predicted octanol–water partition coefficient (Wildman–Crippen LogP) is 4.16. The van der Waals surface area contributed by atoms with Gasteiger partial charge in [0.1, 0.15) is 0 Å². The molecule has 5 heteroatoms. The highest BCUT2D eigenvalue weighted by Gasteiger charge is 2.35. The molecule has 4 nitrogen and oxygen atoms in total. The summed E-state index contributed by atoms with van der Waals surface area (Å²) in [6, 6.07) is 13.4. The SMILES string of the molecule is CN(Cc1cc(=O)c2cccc(Cl)c2[nH]1)C(c1ccccn1)C1CC1. The minimum absolute atomic E-state index is 0.000424. The minimum Gasteiger partial charge on any atom is -0.356 e. The molecule has 1 aliphatic carbocycles. The van der Waals surface area contributed by atoms with Gasteiger partial charge in [-0.3, -0.25) is 14.7 Å². The first-order valence-corrected chi connectivity index (χ1v) is 8.93. The fourth-order valence-corrected chi connectivity index (χ4v) is 3.75. The highest BCUT2D eigenvalue weighted by Crippen LogP contribution is 2.43. The Morgan fingerprint density at radius 3 is 2.84 bits per heavy atom. The van der Waals surface area contributed by atoms with Crippen molar-refractivity contribution < 1.29 is 0 Å². The van der Waals surface area contributed by atoms with E-state index in [0.29, 0.717) is 28.4 Å². The second-order valence-electron chi connectivity index (χ2n) is 6.77. The Balaban J connectivity index is 1.66. The van der Waals surface area contributed by atoms with Crippen LogP contribution in [-0.2, 0) is 6.54 Å². The van der Waals surface area contributed by atoms with E-state index in [4.69, 9.17) is 11.6 Å². The van der Waals surface area contributed by atoms with Crippen LogP contribution < -0.4 is 5.43 Å². The molecule has 0 saturated heterocycles. The van der Waals surface area contributed by atoms with Gasteiger partial charge in [0.25, 0.3) is 0 Å². The molecule has 1 atom stereocenters. The van der Waals surface area contributed by atoms with Crippen LogP contribution in [0.25, 0.3) is 10.9 Å². The monoisotopic (exact) mass is 353 g/mol. The molecular formula is C20H20ClN3O. The van der Waals surface area contributed by atoms with Crippen molar-refractivity contribution in [3.05, 3.63) is 75.3 Å². The number of para-hydroxylation sites is 1. The number of aromatic nitrogens is 2. The van der Waals surface area contributed by atoms with Crippen molar-refractivity contribution in [3.63, 3.8) is 0 Å². The maximum atomic E-state index is 12.4. The van der Waals surface area contributed by atoms with Crippen LogP contribution in [0.3, 0.4) is 0 Å². The number of aromatic amines is 1. The molecule has 1 unspecified atom stereocenters. The second-order valence-corrected chi connectivity index (χ2v) is 7.18. The molecule has 0 spiro atoms. The summed E-state index contributed by atoms with van der Waals surface area (Å²) in [7, 11) is 2.09. The quantitative estimate of drug-likeness (QED) is 0.749. The van der Waals surface area contributed by atoms with Crippen LogP contribution in [0.15, 0.2) is 53.5 Å². The van der Waals surface area contributed by atoms with Crippen molar-refractivity contribution in [2.75, 3.05) is 7.05 Å². The lowest BCUT2D eigenvalue weighted by atomic mass is 10.1. The summed E-state index contributed by atoms with van der Waals surface area (Å²) in [5.41, 5.74) is 2.67. The van der Waals surface area contributed by atoms with Crippen molar-refractivity contribution in [1.82, 2.24) is 14.9 Å². The predicted molar refractivity (Wildman–Crippen MR) is 101 cm³/mol. The Bertz CT molecular complexity index is 950. The highest BCUT2D eigenvalue weighted by molar-refractivity contribution is 6.35. The zero-order chi connectivity index (χ0) is 17.4. The maximum Gasteiger partial charge on any atom is 0.189 e. The minimum atomic E-state index is 0.000424. The van der Waals surface area contributed by atoms with E-state index in [0.717, 1.165) is 11.4 Å². The van der Waals surface area contributed by atoms with Crippen LogP contribution in [0.2, 0.25) is 5.02 Å². The molecule has 128 valence electrons. The molecule has 0 amide bonds. The van der Waals surface area contributed by atoms with Gasteiger partial charge in [0.05, 0.1) is 22.3 Å². The Hall–Kier alpha value is -2.17. The maximum absolute atomic E-state index is 12.4. The third-order valence-corrected chi connectivity index (χ3v) is 5.14. The van der Waals surface area contributed by atoms with E-state index in [1.807, 2.05) is 18.3 Å². The molecule has 3 aromatic rings. The van der Waals surface area contributed by atoms with Crippen LogP contribution in [0, 0.1) is 5.92 Å². The smallest absolute Gasteiger partial charge is 0.189 e. The standard InChI is InChI=1S/C20H20ClN3O/c1-24(20(13-8-9-13)17-7-2-3-10-22-17)12-14-11-18(25)15-5-4-6-16(21)19(15)23-14/h2-7,10-11,13,20H,8-9,12H2,1H3,(H,23,25). The summed E-state index contributed by atoms with van der Waals surface area (Å²) in [5.74, 6) is 0.635. The molecule has 1 saturated carbocycles. The average Bonchev–Trinajstić information content (AvgIpc) is 3.42. The number of hydrogen-bond acceptors (Lipinski definition) is 3. The van der Waals surface area contributed by atoms with Crippen LogP contribution in [0.4, 0.5) is 0 Å². The number of fused-ring (bicyclic) bond motifs is 1. The van der Waals surface area contributed by atoms with Gasteiger partial charge in [0, 0.05) is 29.9 Å². The molecule has 1 aromatic carbocycles. The molecule has 0 aliphatic heterocycles. The Morgan fingerprint density at radius 2 is 2.12 bits per heavy atom. The third-order valence-electron chi connectivity index (χ3n) is 4.82. The number of benzene rings is 1. The van der Waals surface area contributed by atoms with Gasteiger partial charge >= 0.3 is 0 Å². The van der Waals surface area contributed by atoms with Crippen molar-refractivity contribution in [2.24, 2.45) is 5.92 Å². The van der Waals surface area contributed by atoms with Gasteiger partial charge < -0.3 is 4.98 Å². The first kappa shape index (κ1) is 16.3. The topological polar surface area (TPSA) is 49.0 Å². The van der Waals surface area contributed by atoms with Gasteiger partial charge in [-0.05, 0) is 50.1 Å². The van der Waals surface area contributed by atoms with Gasteiger partial charge in [0.15, 0.2) is 5.43 Å². The molecule has 25 heavy (non-hydrogen) atoms. The average molecular weight is 354 g/mol. The second kappa shape index (κ2) is 6.62. The number of nitrogens with one attached hydrogen (secondary N) is 1. The molecule has 2 aromatic heterocycles. The molecule has 0 bridgehead atoms. The van der Waals surface area contributed by atoms with Crippen LogP contribution in [0.1, 0.15) is 30.3 Å². The first-order chi connectivity index (χ1) is 12.1. The molecule has 4 rings (SSSR count). The molecule has 1 fully saturated rings. The fraction of sp³-hybridized carbons (Fsp3) is 0.300. The largest absolute Gasteiger partial charge is 0.356 e. The lowest BCUT2D eigenvalue weighted by Gasteiger charge is -2.27. The summed E-state index contributed by atoms with van der Waals surface area (Å²) < 4.78 is 0. The molecule has 1 N–H and O–H groups in total. The van der Waals surface area contributed by atoms with Gasteiger partial charge in [-0.1, -0.05) is 23.7 Å². The highest BCUT2D eigenvalue weighted by atomic mass is 35.5. The Labute approximate surface area is 151 Å². The van der Waals surface area contributed by atoms with E-state index in [-0.39, 0.29) is 11.5 Å². The van der Waals surface area contributed by atoms with Crippen molar-refractivity contribution in [3.8, 4) is 0 Å². The zero-order valence-corrected chi connectivity index (χ0v) is 14.8. The number of pyridine rings is 2. The van der Waals surface area contributed by atoms with Crippen molar-refractivity contribution >= 4 is 22.5 Å². The molecular weight excluding hydrogens is 334 g/mol. The van der Waals surface area contributed by atoms with Crippen LogP contribution >= 0.6 is 11.6 Å². The fourth-order valence-electron chi connectivity index (χ4n) is 3.53. The van der Waals surface area contributed by atoms with Crippen LogP contribution in [-0.4, -0.2) is 21.9 Å². The summed E-state index contributed by atoms with van der Waals surface area (Å²) in [6.07, 6.45) is 4.30. The number of H-pyrrole nitrogens is 1. The number of rotatable bonds is 5. The Kier molecular flexibility index (Phi) is 4.32. The Morgan fingerprint density at radius 1 is 1.28 bits per heavy atom. The molecule has 1 aliphatic rings. The molecule has 0 radical (unpaired) electrons. The van der Waals surface area contributed by atoms with Crippen molar-refractivity contribution in [1.29, 1.82) is 0 Å². The summed E-state index contributed by atoms with van der Waals surface area (Å²) in [6.45, 7) is 0.647. The van der Waals surface area contributed by atoms with E-state index >= 15 is 0 Å². The number of halogens is 1. The van der Waals surface area contributed by atoms with Gasteiger partial charge in [0.2, 0.25) is 0 Å². The number of nitrogens with zero attached hydrogens (tertiary/aromatic N) is 2. The third kappa shape index (κ3) is 3.32. The van der Waals surface area contributed by atoms with Crippen LogP contribution in [0.5, 0.6) is 0 Å². The first-order valence-electron chi connectivity index (χ1n) is 8.55. The van der Waals surface area contributed by atoms with Gasteiger partial charge in [-0.25, -0.2) is 0 Å². The molecule has 2 heterocycles. The van der Waals surface area contributed by atoms with E-state index in [1.54, 1.807) is 24.3 Å². The lowest BCUT2D eigenvalue weighted by Crippen LogP contribution is -2.27. The zero-order valence-electron chi connectivity index (χ0n) is 14.1. The lowest BCUT2D eigenvalue weighted by molar-refractivity contribution is 0.206. The number of hydrogen-bond donors (Lipinski definition) is 1. The van der Waals surface area contributed by atoms with E-state index in [1.165, 1.54) is 12.8 Å².